The number of nitrogens with zero attached hydrogens (tertiary/aromatic N) is 2. The smallest absolute Gasteiger partial charge is 0.310 e. The first kappa shape index (κ1) is 13.6. The minimum absolute atomic E-state index is 0.238. The molecule has 0 atom stereocenters. The Balaban J connectivity index is 1.80. The predicted molar refractivity (Wildman–Crippen MR) is 87.7 cm³/mol. The Hall–Kier alpha value is -3.08. The van der Waals surface area contributed by atoms with Gasteiger partial charge in [0.15, 0.2) is 5.76 Å². The molecule has 3 heterocycles. The van der Waals surface area contributed by atoms with Gasteiger partial charge in [-0.15, -0.1) is 0 Å². The van der Waals surface area contributed by atoms with Crippen LogP contribution in [-0.2, 0) is 0 Å². The van der Waals surface area contributed by atoms with E-state index in [1.165, 1.54) is 6.26 Å². The van der Waals surface area contributed by atoms with Crippen LogP contribution in [0.5, 0.6) is 5.95 Å². The van der Waals surface area contributed by atoms with Crippen molar-refractivity contribution in [3.63, 3.8) is 0 Å². The van der Waals surface area contributed by atoms with Crippen molar-refractivity contribution in [2.45, 2.75) is 13.8 Å². The van der Waals surface area contributed by atoms with Gasteiger partial charge in [0.2, 0.25) is 0 Å². The number of hydrogen-bond donors (Lipinski definition) is 1. The Bertz CT molecular complexity index is 947. The summed E-state index contributed by atoms with van der Waals surface area (Å²) in [4.78, 5) is 8.85. The Kier molecular flexibility index (Phi) is 2.94. The molecule has 0 fully saturated rings. The molecule has 4 rings (SSSR count). The monoisotopic (exact) mass is 306 g/mol. The van der Waals surface area contributed by atoms with E-state index in [0.717, 1.165) is 28.1 Å². The molecule has 5 heteroatoms. The highest BCUT2D eigenvalue weighted by Gasteiger charge is 2.21. The number of aromatic hydroxyl groups is 1. The maximum Gasteiger partial charge on any atom is 0.310 e. The summed E-state index contributed by atoms with van der Waals surface area (Å²) in [6.07, 6.45) is 3.32. The number of oxazole rings is 1. The zero-order valence-electron chi connectivity index (χ0n) is 12.7. The van der Waals surface area contributed by atoms with Crippen molar-refractivity contribution in [1.29, 1.82) is 0 Å². The minimum atomic E-state index is -0.238. The van der Waals surface area contributed by atoms with Gasteiger partial charge >= 0.3 is 5.95 Å². The van der Waals surface area contributed by atoms with E-state index in [4.69, 9.17) is 8.83 Å². The van der Waals surface area contributed by atoms with Crippen molar-refractivity contribution in [2.24, 2.45) is 4.99 Å². The molecule has 1 N–H and O–H groups in total. The van der Waals surface area contributed by atoms with Crippen LogP contribution in [0, 0.1) is 6.92 Å². The van der Waals surface area contributed by atoms with Crippen LogP contribution in [0.25, 0.3) is 23.3 Å². The number of aryl methyl sites for hydroxylation is 1. The van der Waals surface area contributed by atoms with Gasteiger partial charge in [0, 0.05) is 16.8 Å². The second kappa shape index (κ2) is 4.98. The number of aliphatic imine (C=N–C) groups is 1. The molecule has 0 saturated carbocycles. The molecule has 0 saturated heterocycles. The maximum atomic E-state index is 10.0. The lowest BCUT2D eigenvalue weighted by Crippen LogP contribution is -1.91. The number of aromatic nitrogens is 1. The van der Waals surface area contributed by atoms with Crippen LogP contribution in [0.3, 0.4) is 0 Å². The third-order valence-corrected chi connectivity index (χ3v) is 3.77. The van der Waals surface area contributed by atoms with E-state index in [1.807, 2.05) is 26.0 Å². The van der Waals surface area contributed by atoms with Gasteiger partial charge in [0.05, 0.1) is 12.0 Å². The van der Waals surface area contributed by atoms with E-state index < -0.39 is 0 Å². The molecule has 1 aliphatic rings. The van der Waals surface area contributed by atoms with Gasteiger partial charge in [-0.3, -0.25) is 4.99 Å². The summed E-state index contributed by atoms with van der Waals surface area (Å²) < 4.78 is 10.5. The zero-order chi connectivity index (χ0) is 16.0. The Morgan fingerprint density at radius 1 is 1.17 bits per heavy atom. The van der Waals surface area contributed by atoms with Crippen molar-refractivity contribution in [3.05, 3.63) is 53.4 Å². The Morgan fingerprint density at radius 2 is 2.04 bits per heavy atom. The maximum absolute atomic E-state index is 10.0. The number of fused-ring (bicyclic) bond motifs is 1. The van der Waals surface area contributed by atoms with Crippen molar-refractivity contribution in [1.82, 2.24) is 4.98 Å². The summed E-state index contributed by atoms with van der Waals surface area (Å²) in [7, 11) is 0. The van der Waals surface area contributed by atoms with Crippen LogP contribution in [0.4, 0.5) is 5.69 Å². The molecule has 0 bridgehead atoms. The van der Waals surface area contributed by atoms with E-state index in [0.29, 0.717) is 11.5 Å². The average Bonchev–Trinajstić information content (AvgIpc) is 3.21. The molecule has 0 spiro atoms. The van der Waals surface area contributed by atoms with Gasteiger partial charge < -0.3 is 13.9 Å². The highest BCUT2D eigenvalue weighted by Crippen LogP contribution is 2.38. The van der Waals surface area contributed by atoms with Crippen LogP contribution < -0.4 is 0 Å². The molecule has 0 unspecified atom stereocenters. The number of benzene rings is 1. The Morgan fingerprint density at radius 3 is 2.83 bits per heavy atom. The summed E-state index contributed by atoms with van der Waals surface area (Å²) in [5.41, 5.74) is 5.28. The number of allylic oxidation sites excluding steroid dienone is 1. The van der Waals surface area contributed by atoms with Gasteiger partial charge in [-0.05, 0) is 44.2 Å². The van der Waals surface area contributed by atoms with Crippen LogP contribution in [0.15, 0.2) is 50.4 Å². The van der Waals surface area contributed by atoms with E-state index in [1.54, 1.807) is 18.2 Å². The molecule has 1 aromatic carbocycles. The van der Waals surface area contributed by atoms with Gasteiger partial charge in [-0.1, -0.05) is 11.6 Å². The van der Waals surface area contributed by atoms with E-state index in [9.17, 15) is 5.11 Å². The lowest BCUT2D eigenvalue weighted by atomic mass is 10.0. The minimum Gasteiger partial charge on any atom is -0.479 e. The SMILES string of the molecule is CC1=Nc2ccc(C)cc2/C1=C/c1nc(-c2ccco2)oc1O. The normalized spacial score (nSPS) is 15.0. The molecular weight excluding hydrogens is 292 g/mol. The summed E-state index contributed by atoms with van der Waals surface area (Å²) in [6, 6.07) is 9.56. The fraction of sp³-hybridized carbons (Fsp3) is 0.111. The van der Waals surface area contributed by atoms with E-state index >= 15 is 0 Å². The first-order chi connectivity index (χ1) is 11.1. The highest BCUT2D eigenvalue weighted by atomic mass is 16.5. The Labute approximate surface area is 132 Å². The molecule has 0 aliphatic carbocycles. The second-order valence-electron chi connectivity index (χ2n) is 5.46. The lowest BCUT2D eigenvalue weighted by molar-refractivity contribution is 0.333. The topological polar surface area (TPSA) is 71.8 Å². The number of hydrogen-bond acceptors (Lipinski definition) is 5. The molecule has 5 nitrogen and oxygen atoms in total. The second-order valence-corrected chi connectivity index (χ2v) is 5.46. The van der Waals surface area contributed by atoms with Crippen molar-refractivity contribution in [2.75, 3.05) is 0 Å². The van der Waals surface area contributed by atoms with Crippen LogP contribution >= 0.6 is 0 Å². The van der Waals surface area contributed by atoms with Crippen LogP contribution in [-0.4, -0.2) is 15.8 Å². The molecule has 114 valence electrons. The predicted octanol–water partition coefficient (Wildman–Crippen LogP) is 4.60. The largest absolute Gasteiger partial charge is 0.479 e. The molecule has 3 aromatic rings. The quantitative estimate of drug-likeness (QED) is 0.751. The highest BCUT2D eigenvalue weighted by molar-refractivity contribution is 6.31. The number of furan rings is 1. The number of rotatable bonds is 2. The van der Waals surface area contributed by atoms with Gasteiger partial charge in [0.25, 0.3) is 5.89 Å². The van der Waals surface area contributed by atoms with Gasteiger partial charge in [-0.25, -0.2) is 4.98 Å². The van der Waals surface area contributed by atoms with Crippen molar-refractivity contribution >= 4 is 23.0 Å². The van der Waals surface area contributed by atoms with Crippen LogP contribution in [0.1, 0.15) is 23.7 Å². The molecule has 2 aromatic heterocycles. The van der Waals surface area contributed by atoms with E-state index in [2.05, 4.69) is 16.0 Å². The molecule has 23 heavy (non-hydrogen) atoms. The lowest BCUT2D eigenvalue weighted by Gasteiger charge is -2.02. The standard InChI is InChI=1S/C18H14N2O3/c1-10-5-6-14-13(8-10)12(11(2)19-14)9-15-18(21)23-17(20-15)16-4-3-7-22-16/h3-9,21H,1-2H3/b12-9+. The molecular formula is C18H14N2O3. The summed E-state index contributed by atoms with van der Waals surface area (Å²) in [6.45, 7) is 3.97. The fourth-order valence-corrected chi connectivity index (χ4v) is 2.64. The molecule has 0 amide bonds. The first-order valence-corrected chi connectivity index (χ1v) is 7.24. The zero-order valence-corrected chi connectivity index (χ0v) is 12.7. The summed E-state index contributed by atoms with van der Waals surface area (Å²) in [5.74, 6) is 0.479. The summed E-state index contributed by atoms with van der Waals surface area (Å²) in [5, 5.41) is 10.0. The van der Waals surface area contributed by atoms with Crippen LogP contribution in [0.2, 0.25) is 0 Å². The molecule has 0 radical (unpaired) electrons. The third kappa shape index (κ3) is 2.26. The van der Waals surface area contributed by atoms with E-state index in [-0.39, 0.29) is 11.8 Å². The van der Waals surface area contributed by atoms with Gasteiger partial charge in [-0.2, -0.15) is 0 Å². The van der Waals surface area contributed by atoms with Crippen molar-refractivity contribution in [3.8, 4) is 17.6 Å². The first-order valence-electron chi connectivity index (χ1n) is 7.24. The third-order valence-electron chi connectivity index (χ3n) is 3.77. The molecule has 1 aliphatic heterocycles. The van der Waals surface area contributed by atoms with Gasteiger partial charge in [0.1, 0.15) is 5.69 Å². The average molecular weight is 306 g/mol. The summed E-state index contributed by atoms with van der Waals surface area (Å²) >= 11 is 0. The fourth-order valence-electron chi connectivity index (χ4n) is 2.64. The van der Waals surface area contributed by atoms with Crippen molar-refractivity contribution < 1.29 is 13.9 Å².